The van der Waals surface area contributed by atoms with Gasteiger partial charge in [0.2, 0.25) is 0 Å². The molecule has 0 saturated carbocycles. The van der Waals surface area contributed by atoms with E-state index < -0.39 is 16.4 Å². The Hall–Kier alpha value is -1.39. The third-order valence-corrected chi connectivity index (χ3v) is 4.45. The molecule has 23 heavy (non-hydrogen) atoms. The second kappa shape index (κ2) is 7.93. The molecular weight excluding hydrogens is 322 g/mol. The van der Waals surface area contributed by atoms with Gasteiger partial charge in [0.05, 0.1) is 39.0 Å². The Balaban J connectivity index is 1.82. The first-order chi connectivity index (χ1) is 10.9. The molecule has 0 aliphatic carbocycles. The van der Waals surface area contributed by atoms with E-state index in [0.29, 0.717) is 6.54 Å². The molecule has 0 spiro atoms. The van der Waals surface area contributed by atoms with Gasteiger partial charge in [0.25, 0.3) is 0 Å². The zero-order valence-corrected chi connectivity index (χ0v) is 13.9. The third kappa shape index (κ3) is 5.63. The summed E-state index contributed by atoms with van der Waals surface area (Å²) in [6.07, 6.45) is -0.829. The molecule has 2 rings (SSSR count). The number of ether oxygens (including phenoxy) is 1. The van der Waals surface area contributed by atoms with E-state index in [0.717, 1.165) is 37.6 Å². The Kier molecular flexibility index (Phi) is 6.19. The first-order valence-corrected chi connectivity index (χ1v) is 8.94. The molecule has 0 bridgehead atoms. The van der Waals surface area contributed by atoms with Crippen molar-refractivity contribution in [2.24, 2.45) is 0 Å². The molecule has 1 aliphatic rings. The van der Waals surface area contributed by atoms with Gasteiger partial charge in [-0.25, -0.2) is 0 Å². The molecule has 0 aromatic heterocycles. The lowest BCUT2D eigenvalue weighted by Gasteiger charge is -2.35. The van der Waals surface area contributed by atoms with Crippen LogP contribution in [0.4, 0.5) is 5.69 Å². The Morgan fingerprint density at radius 1 is 1.35 bits per heavy atom. The zero-order chi connectivity index (χ0) is 16.9. The second-order valence-corrected chi connectivity index (χ2v) is 6.83. The van der Waals surface area contributed by atoms with Gasteiger partial charge < -0.3 is 19.6 Å². The van der Waals surface area contributed by atoms with Crippen molar-refractivity contribution >= 4 is 16.0 Å². The summed E-state index contributed by atoms with van der Waals surface area (Å²) >= 11 is 0. The fourth-order valence-electron chi connectivity index (χ4n) is 2.77. The van der Waals surface area contributed by atoms with E-state index >= 15 is 0 Å². The van der Waals surface area contributed by atoms with Crippen LogP contribution < -0.4 is 19.3 Å². The van der Waals surface area contributed by atoms with Crippen molar-refractivity contribution in [1.29, 1.82) is 0 Å². The maximum absolute atomic E-state index is 10.6. The van der Waals surface area contributed by atoms with Gasteiger partial charge in [-0.2, -0.15) is 13.1 Å². The third-order valence-electron chi connectivity index (χ3n) is 3.92. The number of para-hydroxylation sites is 2. The maximum atomic E-state index is 10.6. The smallest absolute Gasteiger partial charge is 0.333 e. The summed E-state index contributed by atoms with van der Waals surface area (Å²) < 4.78 is 37.1. The van der Waals surface area contributed by atoms with Gasteiger partial charge in [-0.15, -0.1) is 0 Å². The number of methoxy groups -OCH3 is 1. The minimum atomic E-state index is -4.25. The topological polar surface area (TPSA) is 104 Å². The number of benzene rings is 1. The molecule has 1 aromatic carbocycles. The largest absolute Gasteiger partial charge is 0.495 e. The molecule has 9 heteroatoms. The van der Waals surface area contributed by atoms with Crippen LogP contribution in [0, 0.1) is 0 Å². The van der Waals surface area contributed by atoms with Crippen molar-refractivity contribution in [1.82, 2.24) is 4.72 Å². The van der Waals surface area contributed by atoms with E-state index in [-0.39, 0.29) is 6.54 Å². The minimum Gasteiger partial charge on any atom is -0.495 e. The van der Waals surface area contributed by atoms with Gasteiger partial charge in [-0.1, -0.05) is 12.1 Å². The Bertz CT molecular complexity index is 602. The Morgan fingerprint density at radius 3 is 2.61 bits per heavy atom. The quantitative estimate of drug-likeness (QED) is 0.433. The molecule has 130 valence electrons. The fourth-order valence-corrected chi connectivity index (χ4v) is 3.17. The molecule has 1 aliphatic heterocycles. The molecule has 1 fully saturated rings. The lowest BCUT2D eigenvalue weighted by atomic mass is 10.2. The van der Waals surface area contributed by atoms with E-state index in [1.54, 1.807) is 7.11 Å². The van der Waals surface area contributed by atoms with Crippen LogP contribution in [-0.4, -0.2) is 70.6 Å². The number of aliphatic hydroxyl groups is 1. The number of anilines is 1. The SMILES string of the molecule is COc1ccccc1N1CC[NH+](C[C@H](O)CNS(=O)(=O)O)CC1. The Morgan fingerprint density at radius 2 is 2.00 bits per heavy atom. The Labute approximate surface area is 136 Å². The predicted molar refractivity (Wildman–Crippen MR) is 86.3 cm³/mol. The van der Waals surface area contributed by atoms with Gasteiger partial charge in [0.1, 0.15) is 18.4 Å². The summed E-state index contributed by atoms with van der Waals surface area (Å²) in [6.45, 7) is 3.57. The molecule has 1 saturated heterocycles. The van der Waals surface area contributed by atoms with Crippen molar-refractivity contribution in [3.63, 3.8) is 0 Å². The number of quaternary nitrogens is 1. The standard InChI is InChI=1S/C14H23N3O5S/c1-22-14-5-3-2-4-13(14)17-8-6-16(7-9-17)11-12(18)10-15-23(19,20)21/h2-5,12,15,18H,6-11H2,1H3,(H,19,20,21)/p+1/t12-/m1/s1. The highest BCUT2D eigenvalue weighted by Gasteiger charge is 2.24. The van der Waals surface area contributed by atoms with E-state index in [2.05, 4.69) is 4.90 Å². The van der Waals surface area contributed by atoms with Crippen LogP contribution in [0.1, 0.15) is 0 Å². The predicted octanol–water partition coefficient (Wildman–Crippen LogP) is -1.85. The van der Waals surface area contributed by atoms with Crippen molar-refractivity contribution in [2.45, 2.75) is 6.10 Å². The molecule has 1 heterocycles. The average molecular weight is 346 g/mol. The van der Waals surface area contributed by atoms with Gasteiger partial charge in [0.15, 0.2) is 0 Å². The summed E-state index contributed by atoms with van der Waals surface area (Å²) in [5.41, 5.74) is 1.06. The van der Waals surface area contributed by atoms with Gasteiger partial charge >= 0.3 is 10.3 Å². The van der Waals surface area contributed by atoms with Crippen molar-refractivity contribution in [3.8, 4) is 5.75 Å². The summed E-state index contributed by atoms with van der Waals surface area (Å²) in [7, 11) is -2.60. The number of aliphatic hydroxyl groups excluding tert-OH is 1. The van der Waals surface area contributed by atoms with Crippen LogP contribution in [0.15, 0.2) is 24.3 Å². The van der Waals surface area contributed by atoms with E-state index in [4.69, 9.17) is 9.29 Å². The number of piperazine rings is 1. The molecule has 0 unspecified atom stereocenters. The monoisotopic (exact) mass is 346 g/mol. The molecular formula is C14H24N3O5S+. The molecule has 1 atom stereocenters. The molecule has 4 N–H and O–H groups in total. The summed E-state index contributed by atoms with van der Waals surface area (Å²) in [6, 6.07) is 7.86. The first-order valence-electron chi connectivity index (χ1n) is 7.50. The van der Waals surface area contributed by atoms with Crippen molar-refractivity contribution in [2.75, 3.05) is 51.3 Å². The van der Waals surface area contributed by atoms with Crippen LogP contribution >= 0.6 is 0 Å². The lowest BCUT2D eigenvalue weighted by Crippen LogP contribution is -3.16. The number of rotatable bonds is 7. The van der Waals surface area contributed by atoms with Crippen LogP contribution in [0.3, 0.4) is 0 Å². The van der Waals surface area contributed by atoms with Gasteiger partial charge in [-0.05, 0) is 12.1 Å². The van der Waals surface area contributed by atoms with E-state index in [1.165, 1.54) is 4.90 Å². The highest BCUT2D eigenvalue weighted by atomic mass is 32.2. The maximum Gasteiger partial charge on any atom is 0.333 e. The molecule has 0 amide bonds. The van der Waals surface area contributed by atoms with Crippen molar-refractivity contribution in [3.05, 3.63) is 24.3 Å². The molecule has 1 aromatic rings. The highest BCUT2D eigenvalue weighted by Crippen LogP contribution is 2.27. The van der Waals surface area contributed by atoms with E-state index in [9.17, 15) is 13.5 Å². The highest BCUT2D eigenvalue weighted by molar-refractivity contribution is 7.83. The second-order valence-electron chi connectivity index (χ2n) is 5.59. The van der Waals surface area contributed by atoms with Crippen LogP contribution in [0.5, 0.6) is 5.75 Å². The van der Waals surface area contributed by atoms with E-state index in [1.807, 2.05) is 29.0 Å². The lowest BCUT2D eigenvalue weighted by molar-refractivity contribution is -0.903. The van der Waals surface area contributed by atoms with Crippen LogP contribution in [0.2, 0.25) is 0 Å². The first kappa shape index (κ1) is 18.0. The number of hydrogen-bond donors (Lipinski definition) is 4. The molecule has 8 nitrogen and oxygen atoms in total. The fraction of sp³-hybridized carbons (Fsp3) is 0.571. The minimum absolute atomic E-state index is 0.182. The number of nitrogens with one attached hydrogen (secondary N) is 2. The average Bonchev–Trinajstić information content (AvgIpc) is 2.53. The summed E-state index contributed by atoms with van der Waals surface area (Å²) in [5, 5.41) is 9.84. The van der Waals surface area contributed by atoms with Crippen LogP contribution in [0.25, 0.3) is 0 Å². The van der Waals surface area contributed by atoms with Crippen molar-refractivity contribution < 1.29 is 27.7 Å². The summed E-state index contributed by atoms with van der Waals surface area (Å²) in [4.78, 5) is 3.44. The number of nitrogens with zero attached hydrogens (tertiary/aromatic N) is 1. The summed E-state index contributed by atoms with van der Waals surface area (Å²) in [5.74, 6) is 0.841. The number of hydrogen-bond acceptors (Lipinski definition) is 5. The zero-order valence-electron chi connectivity index (χ0n) is 13.1. The molecule has 0 radical (unpaired) electrons. The van der Waals surface area contributed by atoms with Gasteiger partial charge in [-0.3, -0.25) is 4.55 Å². The normalized spacial score (nSPS) is 18.0. The van der Waals surface area contributed by atoms with Crippen LogP contribution in [-0.2, 0) is 10.3 Å². The van der Waals surface area contributed by atoms with Gasteiger partial charge in [0, 0.05) is 6.54 Å².